The number of hydrogen-bond donors (Lipinski definition) is 3. The van der Waals surface area contributed by atoms with E-state index in [2.05, 4.69) is 0 Å². The van der Waals surface area contributed by atoms with Gasteiger partial charge in [-0.15, -0.1) is 11.3 Å². The van der Waals surface area contributed by atoms with E-state index in [1.165, 1.54) is 23.6 Å². The zero-order valence-corrected chi connectivity index (χ0v) is 16.3. The van der Waals surface area contributed by atoms with Crippen LogP contribution in [0.5, 0.6) is 0 Å². The van der Waals surface area contributed by atoms with Crippen LogP contribution in [0, 0.1) is 5.82 Å². The van der Waals surface area contributed by atoms with Crippen molar-refractivity contribution < 1.29 is 19.4 Å². The minimum atomic E-state index is -1.35. The van der Waals surface area contributed by atoms with Crippen molar-refractivity contribution in [2.45, 2.75) is 44.2 Å². The van der Waals surface area contributed by atoms with E-state index >= 15 is 4.39 Å². The molecule has 2 aromatic heterocycles. The number of hydrogen-bond acceptors (Lipinski definition) is 5. The molecule has 2 heterocycles. The number of thiophene rings is 1. The van der Waals surface area contributed by atoms with Crippen molar-refractivity contribution in [1.29, 1.82) is 0 Å². The summed E-state index contributed by atoms with van der Waals surface area (Å²) in [6.07, 6.45) is 4.68. The molecule has 1 unspecified atom stereocenters. The molecular weight excluding hydrogens is 395 g/mol. The topological polar surface area (TPSA) is 106 Å². The van der Waals surface area contributed by atoms with Gasteiger partial charge in [0.15, 0.2) is 5.82 Å². The van der Waals surface area contributed by atoms with Gasteiger partial charge in [0.1, 0.15) is 5.56 Å². The van der Waals surface area contributed by atoms with E-state index < -0.39 is 28.9 Å². The number of carbonyl (C=O) groups is 1. The average molecular weight is 414 g/mol. The van der Waals surface area contributed by atoms with Gasteiger partial charge >= 0.3 is 5.97 Å². The number of halogens is 1. The predicted molar refractivity (Wildman–Crippen MR) is 109 cm³/mol. The van der Waals surface area contributed by atoms with Crippen molar-refractivity contribution in [1.82, 2.24) is 4.57 Å². The highest BCUT2D eigenvalue weighted by Gasteiger charge is 2.30. The lowest BCUT2D eigenvalue weighted by Crippen LogP contribution is -2.20. The molecule has 150 valence electrons. The lowest BCUT2D eigenvalue weighted by Gasteiger charge is -2.16. The van der Waals surface area contributed by atoms with Crippen LogP contribution in [-0.4, -0.2) is 20.7 Å². The SMILES string of the molecule is Nc1cc(-c2cc3c(s2)C(O)CCC3)c(F)c2c1c(=O)c(C(=O)O)cn2C1CC1. The van der Waals surface area contributed by atoms with Gasteiger partial charge < -0.3 is 20.5 Å². The van der Waals surface area contributed by atoms with E-state index in [1.807, 2.05) is 6.07 Å². The van der Waals surface area contributed by atoms with Crippen LogP contribution < -0.4 is 11.2 Å². The second-order valence-corrected chi connectivity index (χ2v) is 8.86. The molecule has 2 aliphatic carbocycles. The number of anilines is 1. The number of nitrogen functional groups attached to an aromatic ring is 1. The fraction of sp³-hybridized carbons (Fsp3) is 0.333. The van der Waals surface area contributed by atoms with Gasteiger partial charge in [-0.25, -0.2) is 9.18 Å². The number of pyridine rings is 1. The van der Waals surface area contributed by atoms with Crippen LogP contribution >= 0.6 is 11.3 Å². The zero-order chi connectivity index (χ0) is 20.4. The molecule has 6 nitrogen and oxygen atoms in total. The molecule has 0 aliphatic heterocycles. The summed E-state index contributed by atoms with van der Waals surface area (Å²) >= 11 is 1.34. The van der Waals surface area contributed by atoms with Crippen molar-refractivity contribution in [3.63, 3.8) is 0 Å². The first-order valence-corrected chi connectivity index (χ1v) is 10.4. The first-order valence-electron chi connectivity index (χ1n) is 9.58. The van der Waals surface area contributed by atoms with E-state index in [4.69, 9.17) is 5.73 Å². The van der Waals surface area contributed by atoms with Crippen molar-refractivity contribution in [3.8, 4) is 10.4 Å². The molecule has 0 amide bonds. The van der Waals surface area contributed by atoms with E-state index in [9.17, 15) is 19.8 Å². The quantitative estimate of drug-likeness (QED) is 0.565. The fourth-order valence-electron chi connectivity index (χ4n) is 4.19. The second kappa shape index (κ2) is 6.40. The molecule has 2 aliphatic rings. The van der Waals surface area contributed by atoms with Crippen LogP contribution in [0.1, 0.15) is 58.6 Å². The minimum absolute atomic E-state index is 0.0429. The molecule has 8 heteroatoms. The fourth-order valence-corrected chi connectivity index (χ4v) is 5.43. The Balaban J connectivity index is 1.81. The average Bonchev–Trinajstić information content (AvgIpc) is 3.42. The molecule has 3 aromatic rings. The number of aryl methyl sites for hydroxylation is 1. The number of carboxylic acids is 1. The Kier molecular flexibility index (Phi) is 4.04. The lowest BCUT2D eigenvalue weighted by molar-refractivity contribution is 0.0695. The number of aromatic nitrogens is 1. The van der Waals surface area contributed by atoms with Gasteiger partial charge in [-0.05, 0) is 49.8 Å². The molecular formula is C21H19FN2O4S. The number of nitrogens with two attached hydrogens (primary N) is 1. The van der Waals surface area contributed by atoms with Crippen molar-refractivity contribution in [2.75, 3.05) is 5.73 Å². The maximum absolute atomic E-state index is 15.7. The van der Waals surface area contributed by atoms with Crippen LogP contribution in [0.2, 0.25) is 0 Å². The molecule has 1 aromatic carbocycles. The molecule has 1 fully saturated rings. The summed E-state index contributed by atoms with van der Waals surface area (Å²) in [5, 5.41) is 19.6. The highest BCUT2D eigenvalue weighted by atomic mass is 32.1. The zero-order valence-electron chi connectivity index (χ0n) is 15.4. The van der Waals surface area contributed by atoms with Crippen LogP contribution in [0.15, 0.2) is 23.1 Å². The largest absolute Gasteiger partial charge is 0.477 e. The van der Waals surface area contributed by atoms with Crippen molar-refractivity contribution in [3.05, 3.63) is 50.4 Å². The van der Waals surface area contributed by atoms with E-state index in [1.54, 1.807) is 4.57 Å². The van der Waals surface area contributed by atoms with Gasteiger partial charge in [0.2, 0.25) is 5.43 Å². The Labute approximate surface area is 169 Å². The number of aromatic carboxylic acids is 1. The molecule has 29 heavy (non-hydrogen) atoms. The Morgan fingerprint density at radius 1 is 1.28 bits per heavy atom. The summed E-state index contributed by atoms with van der Waals surface area (Å²) in [6, 6.07) is 3.25. The van der Waals surface area contributed by atoms with Crippen molar-refractivity contribution in [2.24, 2.45) is 0 Å². The standard InChI is InChI=1S/C21H19FN2O4S/c22-17-11(15-6-9-2-1-3-14(25)20(9)29-15)7-13(23)16-18(17)24(10-4-5-10)8-12(19(16)26)21(27)28/h6-8,10,14,25H,1-5,23H2,(H,27,28). The Morgan fingerprint density at radius 2 is 2.03 bits per heavy atom. The van der Waals surface area contributed by atoms with E-state index in [0.717, 1.165) is 36.1 Å². The predicted octanol–water partition coefficient (Wildman–Crippen LogP) is 3.85. The Bertz CT molecular complexity index is 1240. The number of carboxylic acid groups (broad SMARTS) is 1. The van der Waals surface area contributed by atoms with Gasteiger partial charge in [0, 0.05) is 33.2 Å². The maximum Gasteiger partial charge on any atom is 0.341 e. The number of fused-ring (bicyclic) bond motifs is 2. The minimum Gasteiger partial charge on any atom is -0.477 e. The molecule has 0 saturated heterocycles. The monoisotopic (exact) mass is 414 g/mol. The molecule has 0 radical (unpaired) electrons. The number of aliphatic hydroxyl groups excluding tert-OH is 1. The first kappa shape index (κ1) is 18.3. The van der Waals surface area contributed by atoms with Crippen molar-refractivity contribution >= 4 is 33.9 Å². The summed E-state index contributed by atoms with van der Waals surface area (Å²) < 4.78 is 17.3. The third kappa shape index (κ3) is 2.78. The summed E-state index contributed by atoms with van der Waals surface area (Å²) in [6.45, 7) is 0. The molecule has 1 saturated carbocycles. The molecule has 5 rings (SSSR count). The van der Waals surface area contributed by atoms with Gasteiger partial charge in [-0.1, -0.05) is 0 Å². The highest BCUT2D eigenvalue weighted by molar-refractivity contribution is 7.15. The molecule has 0 bridgehead atoms. The highest BCUT2D eigenvalue weighted by Crippen LogP contribution is 2.44. The second-order valence-electron chi connectivity index (χ2n) is 7.77. The van der Waals surface area contributed by atoms with E-state index in [-0.39, 0.29) is 28.2 Å². The Hall–Kier alpha value is -2.71. The number of aliphatic hydroxyl groups is 1. The third-order valence-electron chi connectivity index (χ3n) is 5.77. The molecule has 4 N–H and O–H groups in total. The summed E-state index contributed by atoms with van der Waals surface area (Å²) in [7, 11) is 0. The van der Waals surface area contributed by atoms with Crippen LogP contribution in [0.25, 0.3) is 21.3 Å². The van der Waals surface area contributed by atoms with Gasteiger partial charge in [0.05, 0.1) is 17.0 Å². The van der Waals surface area contributed by atoms with Crippen LogP contribution in [0.3, 0.4) is 0 Å². The third-order valence-corrected chi connectivity index (χ3v) is 7.08. The van der Waals surface area contributed by atoms with Gasteiger partial charge in [-0.3, -0.25) is 4.79 Å². The number of nitrogens with zero attached hydrogens (tertiary/aromatic N) is 1. The summed E-state index contributed by atoms with van der Waals surface area (Å²) in [4.78, 5) is 25.7. The van der Waals surface area contributed by atoms with E-state index in [0.29, 0.717) is 11.3 Å². The number of benzene rings is 1. The first-order chi connectivity index (χ1) is 13.9. The van der Waals surface area contributed by atoms with Gasteiger partial charge in [-0.2, -0.15) is 0 Å². The number of rotatable bonds is 3. The van der Waals surface area contributed by atoms with Crippen LogP contribution in [0.4, 0.5) is 10.1 Å². The Morgan fingerprint density at radius 3 is 2.69 bits per heavy atom. The maximum atomic E-state index is 15.7. The molecule has 1 atom stereocenters. The summed E-state index contributed by atoms with van der Waals surface area (Å²) in [5.41, 5.74) is 6.39. The normalized spacial score (nSPS) is 18.8. The lowest BCUT2D eigenvalue weighted by atomic mass is 9.96. The van der Waals surface area contributed by atoms with Gasteiger partial charge in [0.25, 0.3) is 0 Å². The van der Waals surface area contributed by atoms with Crippen LogP contribution in [-0.2, 0) is 6.42 Å². The molecule has 0 spiro atoms. The smallest absolute Gasteiger partial charge is 0.341 e. The summed E-state index contributed by atoms with van der Waals surface area (Å²) in [5.74, 6) is -1.93.